The van der Waals surface area contributed by atoms with E-state index >= 15 is 0 Å². The highest BCUT2D eigenvalue weighted by atomic mass is 16.6. The second-order valence-electron chi connectivity index (χ2n) is 4.73. The van der Waals surface area contributed by atoms with E-state index in [-0.39, 0.29) is 29.7 Å². The first-order chi connectivity index (χ1) is 10.1. The Morgan fingerprint density at radius 3 is 2.90 bits per heavy atom. The number of esters is 1. The first-order valence-electron chi connectivity index (χ1n) is 6.73. The van der Waals surface area contributed by atoms with Crippen molar-refractivity contribution in [2.24, 2.45) is 0 Å². The van der Waals surface area contributed by atoms with Gasteiger partial charge >= 0.3 is 11.7 Å². The van der Waals surface area contributed by atoms with Crippen LogP contribution in [0.2, 0.25) is 0 Å². The number of nitro groups is 1. The van der Waals surface area contributed by atoms with E-state index in [0.29, 0.717) is 6.61 Å². The first kappa shape index (κ1) is 15.2. The largest absolute Gasteiger partial charge is 0.490 e. The third-order valence-electron chi connectivity index (χ3n) is 3.29. The predicted octanol–water partition coefficient (Wildman–Crippen LogP) is 2.33. The molecule has 2 rings (SSSR count). The standard InChI is InChI=1S/C14H17NO6/c1-19-13-6-5-10(8-12(13)15(17)18)14(16)21-9-11-4-2-3-7-20-11/h5-6,8,11H,2-4,7,9H2,1H3. The Balaban J connectivity index is 2.01. The van der Waals surface area contributed by atoms with Crippen LogP contribution in [0.3, 0.4) is 0 Å². The van der Waals surface area contributed by atoms with Gasteiger partial charge in [0.05, 0.1) is 23.7 Å². The molecule has 1 heterocycles. The number of hydrogen-bond donors (Lipinski definition) is 0. The maximum atomic E-state index is 11.9. The van der Waals surface area contributed by atoms with Crippen LogP contribution in [0.25, 0.3) is 0 Å². The second-order valence-corrected chi connectivity index (χ2v) is 4.73. The predicted molar refractivity (Wildman–Crippen MR) is 73.5 cm³/mol. The zero-order chi connectivity index (χ0) is 15.2. The van der Waals surface area contributed by atoms with Gasteiger partial charge in [-0.2, -0.15) is 0 Å². The van der Waals surface area contributed by atoms with Gasteiger partial charge in [0.15, 0.2) is 5.75 Å². The number of methoxy groups -OCH3 is 1. The van der Waals surface area contributed by atoms with Crippen molar-refractivity contribution in [3.8, 4) is 5.75 Å². The van der Waals surface area contributed by atoms with Crippen molar-refractivity contribution < 1.29 is 23.9 Å². The third-order valence-corrected chi connectivity index (χ3v) is 3.29. The number of nitro benzene ring substituents is 1. The van der Waals surface area contributed by atoms with Crippen LogP contribution in [0, 0.1) is 10.1 Å². The fourth-order valence-corrected chi connectivity index (χ4v) is 2.15. The zero-order valence-corrected chi connectivity index (χ0v) is 11.7. The molecule has 21 heavy (non-hydrogen) atoms. The Kier molecular flexibility index (Phi) is 5.10. The van der Waals surface area contributed by atoms with Crippen LogP contribution < -0.4 is 4.74 Å². The topological polar surface area (TPSA) is 87.9 Å². The maximum Gasteiger partial charge on any atom is 0.338 e. The Bertz CT molecular complexity index is 524. The molecule has 1 aromatic rings. The van der Waals surface area contributed by atoms with Gasteiger partial charge in [-0.05, 0) is 31.4 Å². The molecule has 0 spiro atoms. The van der Waals surface area contributed by atoms with E-state index in [1.165, 1.54) is 19.2 Å². The first-order valence-corrected chi connectivity index (χ1v) is 6.73. The molecule has 0 saturated carbocycles. The molecule has 1 fully saturated rings. The van der Waals surface area contributed by atoms with Crippen LogP contribution in [0.5, 0.6) is 5.75 Å². The van der Waals surface area contributed by atoms with Crippen molar-refractivity contribution in [2.45, 2.75) is 25.4 Å². The molecule has 114 valence electrons. The fourth-order valence-electron chi connectivity index (χ4n) is 2.15. The lowest BCUT2D eigenvalue weighted by Gasteiger charge is -2.22. The monoisotopic (exact) mass is 295 g/mol. The normalized spacial score (nSPS) is 18.0. The summed E-state index contributed by atoms with van der Waals surface area (Å²) in [5.74, 6) is -0.498. The number of benzene rings is 1. The minimum absolute atomic E-state index is 0.0871. The average Bonchev–Trinajstić information content (AvgIpc) is 2.52. The highest BCUT2D eigenvalue weighted by Gasteiger charge is 2.20. The van der Waals surface area contributed by atoms with Gasteiger partial charge in [-0.25, -0.2) is 4.79 Å². The molecule has 1 aliphatic heterocycles. The number of carbonyl (C=O) groups excluding carboxylic acids is 1. The molecule has 0 amide bonds. The summed E-state index contributed by atoms with van der Waals surface area (Å²) in [6.07, 6.45) is 2.84. The van der Waals surface area contributed by atoms with Gasteiger partial charge in [0.1, 0.15) is 6.61 Å². The Labute approximate surface area is 122 Å². The van der Waals surface area contributed by atoms with E-state index in [1.807, 2.05) is 0 Å². The van der Waals surface area contributed by atoms with Gasteiger partial charge in [0, 0.05) is 12.7 Å². The number of ether oxygens (including phenoxy) is 3. The Hall–Kier alpha value is -2.15. The molecule has 1 unspecified atom stereocenters. The smallest absolute Gasteiger partial charge is 0.338 e. The Morgan fingerprint density at radius 1 is 1.48 bits per heavy atom. The fraction of sp³-hybridized carbons (Fsp3) is 0.500. The van der Waals surface area contributed by atoms with Crippen molar-refractivity contribution in [3.05, 3.63) is 33.9 Å². The summed E-state index contributed by atoms with van der Waals surface area (Å²) < 4.78 is 15.5. The zero-order valence-electron chi connectivity index (χ0n) is 11.7. The molecule has 0 aromatic heterocycles. The minimum atomic E-state index is -0.602. The summed E-state index contributed by atoms with van der Waals surface area (Å²) in [6, 6.07) is 3.98. The summed E-state index contributed by atoms with van der Waals surface area (Å²) in [4.78, 5) is 22.2. The van der Waals surface area contributed by atoms with Crippen molar-refractivity contribution in [1.29, 1.82) is 0 Å². The lowest BCUT2D eigenvalue weighted by molar-refractivity contribution is -0.385. The SMILES string of the molecule is COc1ccc(C(=O)OCC2CCCCO2)cc1[N+](=O)[O-]. The summed E-state index contributed by atoms with van der Waals surface area (Å²) >= 11 is 0. The quantitative estimate of drug-likeness (QED) is 0.470. The van der Waals surface area contributed by atoms with E-state index in [1.54, 1.807) is 0 Å². The van der Waals surface area contributed by atoms with E-state index in [2.05, 4.69) is 0 Å². The van der Waals surface area contributed by atoms with Crippen LogP contribution >= 0.6 is 0 Å². The molecular formula is C14H17NO6. The number of carbonyl (C=O) groups is 1. The van der Waals surface area contributed by atoms with Gasteiger partial charge in [0.25, 0.3) is 0 Å². The van der Waals surface area contributed by atoms with Crippen molar-refractivity contribution in [1.82, 2.24) is 0 Å². The molecular weight excluding hydrogens is 278 g/mol. The Morgan fingerprint density at radius 2 is 2.29 bits per heavy atom. The number of nitrogens with zero attached hydrogens (tertiary/aromatic N) is 1. The highest BCUT2D eigenvalue weighted by molar-refractivity contribution is 5.90. The van der Waals surface area contributed by atoms with Crippen LogP contribution in [0.1, 0.15) is 29.6 Å². The summed E-state index contributed by atoms with van der Waals surface area (Å²) in [7, 11) is 1.33. The van der Waals surface area contributed by atoms with Crippen molar-refractivity contribution in [2.75, 3.05) is 20.3 Å². The maximum absolute atomic E-state index is 11.9. The molecule has 1 saturated heterocycles. The average molecular weight is 295 g/mol. The lowest BCUT2D eigenvalue weighted by atomic mass is 10.1. The van der Waals surface area contributed by atoms with Gasteiger partial charge in [-0.3, -0.25) is 10.1 Å². The van der Waals surface area contributed by atoms with E-state index in [0.717, 1.165) is 25.3 Å². The van der Waals surface area contributed by atoms with E-state index in [4.69, 9.17) is 14.2 Å². The lowest BCUT2D eigenvalue weighted by Crippen LogP contribution is -2.25. The number of hydrogen-bond acceptors (Lipinski definition) is 6. The van der Waals surface area contributed by atoms with E-state index < -0.39 is 10.9 Å². The molecule has 1 aliphatic rings. The molecule has 1 atom stereocenters. The summed E-state index contributed by atoms with van der Waals surface area (Å²) in [6.45, 7) is 0.842. The van der Waals surface area contributed by atoms with Crippen molar-refractivity contribution in [3.63, 3.8) is 0 Å². The molecule has 1 aromatic carbocycles. The second kappa shape index (κ2) is 7.03. The summed E-state index contributed by atoms with van der Waals surface area (Å²) in [5.41, 5.74) is -0.140. The summed E-state index contributed by atoms with van der Waals surface area (Å²) in [5, 5.41) is 10.9. The van der Waals surface area contributed by atoms with Crippen LogP contribution in [0.15, 0.2) is 18.2 Å². The minimum Gasteiger partial charge on any atom is -0.490 e. The number of rotatable bonds is 5. The molecule has 0 N–H and O–H groups in total. The molecule has 7 heteroatoms. The van der Waals surface area contributed by atoms with Crippen LogP contribution in [0.4, 0.5) is 5.69 Å². The van der Waals surface area contributed by atoms with Crippen LogP contribution in [-0.2, 0) is 9.47 Å². The molecule has 0 radical (unpaired) electrons. The van der Waals surface area contributed by atoms with Crippen molar-refractivity contribution >= 4 is 11.7 Å². The molecule has 0 aliphatic carbocycles. The molecule has 0 bridgehead atoms. The highest BCUT2D eigenvalue weighted by Crippen LogP contribution is 2.27. The van der Waals surface area contributed by atoms with Gasteiger partial charge in [-0.15, -0.1) is 0 Å². The van der Waals surface area contributed by atoms with Gasteiger partial charge in [-0.1, -0.05) is 0 Å². The van der Waals surface area contributed by atoms with E-state index in [9.17, 15) is 14.9 Å². The van der Waals surface area contributed by atoms with Gasteiger partial charge < -0.3 is 14.2 Å². The third kappa shape index (κ3) is 3.91. The van der Waals surface area contributed by atoms with Gasteiger partial charge in [0.2, 0.25) is 0 Å². The molecule has 7 nitrogen and oxygen atoms in total. The van der Waals surface area contributed by atoms with Crippen LogP contribution in [-0.4, -0.2) is 37.3 Å².